The highest BCUT2D eigenvalue weighted by molar-refractivity contribution is 5.87. The van der Waals surface area contributed by atoms with Gasteiger partial charge in [0.15, 0.2) is 5.75 Å². The lowest BCUT2D eigenvalue weighted by Gasteiger charge is -2.01. The summed E-state index contributed by atoms with van der Waals surface area (Å²) in [6.07, 6.45) is 1.41. The molecule has 13 heavy (non-hydrogen) atoms. The van der Waals surface area contributed by atoms with Crippen molar-refractivity contribution in [2.24, 2.45) is 0 Å². The Hall–Kier alpha value is -1.64. The number of rotatable bonds is 0. The molecule has 1 aromatic carbocycles. The summed E-state index contributed by atoms with van der Waals surface area (Å²) in [7, 11) is 0. The molecular weight excluding hydrogens is 169 g/mol. The molecule has 0 fully saturated rings. The van der Waals surface area contributed by atoms with Crippen molar-refractivity contribution in [3.05, 3.63) is 35.9 Å². The van der Waals surface area contributed by atoms with Crippen LogP contribution in [0.2, 0.25) is 0 Å². The lowest BCUT2D eigenvalue weighted by molar-refractivity contribution is 0.425. The Bertz CT molecular complexity index is 468. The molecule has 0 aliphatic carbocycles. The molecule has 2 aromatic rings. The highest BCUT2D eigenvalue weighted by atomic mass is 19.1. The second kappa shape index (κ2) is 2.69. The molecule has 3 heteroatoms. The number of nitrogens with zero attached hydrogens (tertiary/aromatic N) is 1. The van der Waals surface area contributed by atoms with E-state index in [4.69, 9.17) is 0 Å². The quantitative estimate of drug-likeness (QED) is 0.627. The van der Waals surface area contributed by atoms with Gasteiger partial charge in [0.25, 0.3) is 5.95 Å². The van der Waals surface area contributed by atoms with E-state index in [-0.39, 0.29) is 5.75 Å². The lowest BCUT2D eigenvalue weighted by Crippen LogP contribution is -1.85. The predicted molar refractivity (Wildman–Crippen MR) is 48.1 cm³/mol. The Kier molecular flexibility index (Phi) is 1.65. The zero-order valence-electron chi connectivity index (χ0n) is 7.08. The van der Waals surface area contributed by atoms with Crippen LogP contribution in [0.25, 0.3) is 10.8 Å². The molecule has 0 bridgehead atoms. The van der Waals surface area contributed by atoms with Gasteiger partial charge in [-0.1, -0.05) is 17.7 Å². The number of hydrogen-bond donors (Lipinski definition) is 1. The van der Waals surface area contributed by atoms with E-state index in [1.54, 1.807) is 6.07 Å². The Balaban J connectivity index is 2.87. The lowest BCUT2D eigenvalue weighted by atomic mass is 10.1. The van der Waals surface area contributed by atoms with Crippen molar-refractivity contribution < 1.29 is 9.50 Å². The molecule has 0 radical (unpaired) electrons. The van der Waals surface area contributed by atoms with E-state index in [2.05, 4.69) is 4.98 Å². The number of pyridine rings is 1. The Morgan fingerprint density at radius 1 is 1.38 bits per heavy atom. The van der Waals surface area contributed by atoms with Gasteiger partial charge < -0.3 is 5.11 Å². The Morgan fingerprint density at radius 2 is 2.15 bits per heavy atom. The average Bonchev–Trinajstić information content (AvgIpc) is 2.12. The van der Waals surface area contributed by atoms with E-state index in [9.17, 15) is 9.50 Å². The van der Waals surface area contributed by atoms with Crippen LogP contribution in [-0.2, 0) is 0 Å². The maximum Gasteiger partial charge on any atom is 0.255 e. The molecule has 0 saturated heterocycles. The predicted octanol–water partition coefficient (Wildman–Crippen LogP) is 2.39. The van der Waals surface area contributed by atoms with Crippen molar-refractivity contribution in [1.82, 2.24) is 4.98 Å². The first kappa shape index (κ1) is 7.98. The van der Waals surface area contributed by atoms with Crippen LogP contribution in [0.5, 0.6) is 5.75 Å². The maximum atomic E-state index is 12.8. The summed E-state index contributed by atoms with van der Waals surface area (Å²) in [5.74, 6) is -1.20. The zero-order chi connectivity index (χ0) is 9.42. The summed E-state index contributed by atoms with van der Waals surface area (Å²) >= 11 is 0. The van der Waals surface area contributed by atoms with E-state index in [1.807, 2.05) is 19.1 Å². The third-order valence-corrected chi connectivity index (χ3v) is 1.97. The fraction of sp³-hybridized carbons (Fsp3) is 0.100. The maximum absolute atomic E-state index is 12.8. The van der Waals surface area contributed by atoms with Gasteiger partial charge in [-0.25, -0.2) is 4.98 Å². The molecule has 0 atom stereocenters. The molecule has 0 spiro atoms. The Morgan fingerprint density at radius 3 is 2.92 bits per heavy atom. The van der Waals surface area contributed by atoms with Crippen LogP contribution in [0.1, 0.15) is 5.56 Å². The highest BCUT2D eigenvalue weighted by Gasteiger charge is 2.06. The number of aryl methyl sites for hydroxylation is 1. The molecule has 1 heterocycles. The standard InChI is InChI=1S/C10H8FNO/c1-6-2-3-8-7(4-6)5-12-10(11)9(8)13/h2-5,13H,1H3. The van der Waals surface area contributed by atoms with Crippen molar-refractivity contribution in [3.8, 4) is 5.75 Å². The van der Waals surface area contributed by atoms with Gasteiger partial charge in [0.1, 0.15) is 0 Å². The van der Waals surface area contributed by atoms with Gasteiger partial charge in [0, 0.05) is 17.0 Å². The first-order valence-corrected chi connectivity index (χ1v) is 3.92. The van der Waals surface area contributed by atoms with E-state index in [1.165, 1.54) is 6.20 Å². The third kappa shape index (κ3) is 1.22. The second-order valence-corrected chi connectivity index (χ2v) is 2.99. The summed E-state index contributed by atoms with van der Waals surface area (Å²) in [4.78, 5) is 3.43. The van der Waals surface area contributed by atoms with Gasteiger partial charge in [-0.3, -0.25) is 0 Å². The van der Waals surface area contributed by atoms with Crippen molar-refractivity contribution >= 4 is 10.8 Å². The molecule has 66 valence electrons. The number of fused-ring (bicyclic) bond motifs is 1. The van der Waals surface area contributed by atoms with Gasteiger partial charge in [0.05, 0.1) is 0 Å². The number of aromatic nitrogens is 1. The topological polar surface area (TPSA) is 33.1 Å². The number of benzene rings is 1. The van der Waals surface area contributed by atoms with E-state index < -0.39 is 5.95 Å². The number of aromatic hydroxyl groups is 1. The number of halogens is 1. The van der Waals surface area contributed by atoms with Gasteiger partial charge in [-0.15, -0.1) is 0 Å². The molecule has 0 saturated carbocycles. The fourth-order valence-electron chi connectivity index (χ4n) is 1.30. The number of hydrogen-bond acceptors (Lipinski definition) is 2. The van der Waals surface area contributed by atoms with Gasteiger partial charge in [0.2, 0.25) is 0 Å². The summed E-state index contributed by atoms with van der Waals surface area (Å²) < 4.78 is 12.8. The molecule has 2 nitrogen and oxygen atoms in total. The molecule has 0 aliphatic heterocycles. The molecule has 0 aliphatic rings. The van der Waals surface area contributed by atoms with Crippen LogP contribution >= 0.6 is 0 Å². The monoisotopic (exact) mass is 177 g/mol. The average molecular weight is 177 g/mol. The minimum atomic E-state index is -0.823. The molecule has 1 aromatic heterocycles. The van der Waals surface area contributed by atoms with Gasteiger partial charge in [-0.05, 0) is 13.0 Å². The van der Waals surface area contributed by atoms with Crippen LogP contribution in [0.15, 0.2) is 24.4 Å². The largest absolute Gasteiger partial charge is 0.503 e. The molecule has 0 amide bonds. The van der Waals surface area contributed by atoms with E-state index in [0.29, 0.717) is 5.39 Å². The summed E-state index contributed by atoms with van der Waals surface area (Å²) in [6, 6.07) is 5.35. The van der Waals surface area contributed by atoms with Gasteiger partial charge in [-0.2, -0.15) is 4.39 Å². The SMILES string of the molecule is Cc1ccc2c(O)c(F)ncc2c1. The second-order valence-electron chi connectivity index (χ2n) is 2.99. The normalized spacial score (nSPS) is 10.6. The van der Waals surface area contributed by atoms with Crippen molar-refractivity contribution in [1.29, 1.82) is 0 Å². The van der Waals surface area contributed by atoms with Crippen molar-refractivity contribution in [2.75, 3.05) is 0 Å². The van der Waals surface area contributed by atoms with E-state index >= 15 is 0 Å². The third-order valence-electron chi connectivity index (χ3n) is 1.97. The first-order chi connectivity index (χ1) is 6.18. The fourth-order valence-corrected chi connectivity index (χ4v) is 1.30. The smallest absolute Gasteiger partial charge is 0.255 e. The minimum absolute atomic E-state index is 0.377. The van der Waals surface area contributed by atoms with E-state index in [0.717, 1.165) is 10.9 Å². The summed E-state index contributed by atoms with van der Waals surface area (Å²) in [6.45, 7) is 1.93. The van der Waals surface area contributed by atoms with Crippen LogP contribution in [0.4, 0.5) is 4.39 Å². The van der Waals surface area contributed by atoms with Crippen molar-refractivity contribution in [2.45, 2.75) is 6.92 Å². The highest BCUT2D eigenvalue weighted by Crippen LogP contribution is 2.26. The molecular formula is C10H8FNO. The summed E-state index contributed by atoms with van der Waals surface area (Å²) in [5, 5.41) is 10.6. The summed E-state index contributed by atoms with van der Waals surface area (Å²) in [5.41, 5.74) is 1.06. The van der Waals surface area contributed by atoms with Crippen LogP contribution < -0.4 is 0 Å². The van der Waals surface area contributed by atoms with Crippen molar-refractivity contribution in [3.63, 3.8) is 0 Å². The molecule has 1 N–H and O–H groups in total. The minimum Gasteiger partial charge on any atom is -0.503 e. The Labute approximate surface area is 74.7 Å². The van der Waals surface area contributed by atoms with Crippen LogP contribution in [0, 0.1) is 12.9 Å². The van der Waals surface area contributed by atoms with Crippen LogP contribution in [-0.4, -0.2) is 10.1 Å². The molecule has 2 rings (SSSR count). The first-order valence-electron chi connectivity index (χ1n) is 3.92. The molecule has 0 unspecified atom stereocenters. The zero-order valence-corrected chi connectivity index (χ0v) is 7.08. The van der Waals surface area contributed by atoms with Crippen LogP contribution in [0.3, 0.4) is 0 Å². The van der Waals surface area contributed by atoms with Gasteiger partial charge >= 0.3 is 0 Å².